The van der Waals surface area contributed by atoms with Gasteiger partial charge in [0, 0.05) is 30.3 Å². The van der Waals surface area contributed by atoms with Crippen molar-refractivity contribution in [1.29, 1.82) is 0 Å². The van der Waals surface area contributed by atoms with Gasteiger partial charge in [-0.25, -0.2) is 9.07 Å². The lowest BCUT2D eigenvalue weighted by Crippen LogP contribution is -2.22. The number of hydrogen-bond acceptors (Lipinski definition) is 3. The first-order valence-electron chi connectivity index (χ1n) is 10.0. The molecule has 29 heavy (non-hydrogen) atoms. The highest BCUT2D eigenvalue weighted by Crippen LogP contribution is 2.24. The summed E-state index contributed by atoms with van der Waals surface area (Å²) in [6.07, 6.45) is 6.35. The van der Waals surface area contributed by atoms with E-state index in [4.69, 9.17) is 5.73 Å². The first-order valence-corrected chi connectivity index (χ1v) is 10.0. The maximum atomic E-state index is 13.3. The van der Waals surface area contributed by atoms with Gasteiger partial charge in [-0.2, -0.15) is 5.10 Å². The monoisotopic (exact) mass is 394 g/mol. The maximum Gasteiger partial charge on any atom is 0.220 e. The predicted octanol–water partition coefficient (Wildman–Crippen LogP) is 4.20. The van der Waals surface area contributed by atoms with Crippen molar-refractivity contribution in [2.75, 3.05) is 6.54 Å². The standard InChI is InChI=1S/C23H27FN4O/c24-20-13-11-18(12-14-20)23-19(16-26-22(29)10-6-1-2-7-15-25)17-28(27-23)21-8-4-3-5-9-21/h3-5,8-9,11-14,17H,1-2,6-7,10,15-16,25H2,(H,26,29). The van der Waals surface area contributed by atoms with Gasteiger partial charge in [-0.15, -0.1) is 0 Å². The largest absolute Gasteiger partial charge is 0.352 e. The number of unbranched alkanes of at least 4 members (excludes halogenated alkanes) is 3. The molecule has 0 saturated carbocycles. The third-order valence-electron chi connectivity index (χ3n) is 4.76. The molecular weight excluding hydrogens is 367 g/mol. The molecule has 0 bridgehead atoms. The minimum Gasteiger partial charge on any atom is -0.352 e. The van der Waals surface area contributed by atoms with Gasteiger partial charge in [0.1, 0.15) is 5.82 Å². The third-order valence-corrected chi connectivity index (χ3v) is 4.76. The number of carbonyl (C=O) groups is 1. The Morgan fingerprint density at radius 2 is 1.72 bits per heavy atom. The number of rotatable bonds is 10. The van der Waals surface area contributed by atoms with Crippen molar-refractivity contribution in [3.63, 3.8) is 0 Å². The second-order valence-corrected chi connectivity index (χ2v) is 7.02. The summed E-state index contributed by atoms with van der Waals surface area (Å²) in [4.78, 5) is 12.2. The van der Waals surface area contributed by atoms with Gasteiger partial charge in [-0.1, -0.05) is 31.0 Å². The summed E-state index contributed by atoms with van der Waals surface area (Å²) in [5, 5.41) is 7.67. The van der Waals surface area contributed by atoms with Gasteiger partial charge in [-0.3, -0.25) is 4.79 Å². The molecule has 3 N–H and O–H groups in total. The highest BCUT2D eigenvalue weighted by atomic mass is 19.1. The van der Waals surface area contributed by atoms with Crippen molar-refractivity contribution in [3.8, 4) is 16.9 Å². The van der Waals surface area contributed by atoms with Crippen molar-refractivity contribution in [3.05, 3.63) is 72.2 Å². The number of benzene rings is 2. The Morgan fingerprint density at radius 3 is 2.45 bits per heavy atom. The summed E-state index contributed by atoms with van der Waals surface area (Å²) >= 11 is 0. The topological polar surface area (TPSA) is 72.9 Å². The summed E-state index contributed by atoms with van der Waals surface area (Å²) in [6.45, 7) is 1.07. The van der Waals surface area contributed by atoms with Crippen molar-refractivity contribution < 1.29 is 9.18 Å². The molecule has 0 atom stereocenters. The SMILES string of the molecule is NCCCCCCC(=O)NCc1cn(-c2ccccc2)nc1-c1ccc(F)cc1. The normalized spacial score (nSPS) is 10.8. The summed E-state index contributed by atoms with van der Waals surface area (Å²) < 4.78 is 15.1. The smallest absolute Gasteiger partial charge is 0.220 e. The third kappa shape index (κ3) is 5.99. The second-order valence-electron chi connectivity index (χ2n) is 7.02. The van der Waals surface area contributed by atoms with Crippen LogP contribution in [-0.4, -0.2) is 22.2 Å². The van der Waals surface area contributed by atoms with Crippen LogP contribution in [0.15, 0.2) is 60.8 Å². The molecule has 0 spiro atoms. The fourth-order valence-corrected chi connectivity index (χ4v) is 3.17. The average molecular weight is 394 g/mol. The van der Waals surface area contributed by atoms with Crippen LogP contribution >= 0.6 is 0 Å². The number of nitrogens with two attached hydrogens (primary N) is 1. The van der Waals surface area contributed by atoms with E-state index in [1.807, 2.05) is 36.5 Å². The Labute approximate surface area is 170 Å². The predicted molar refractivity (Wildman–Crippen MR) is 113 cm³/mol. The maximum absolute atomic E-state index is 13.3. The first-order chi connectivity index (χ1) is 14.2. The van der Waals surface area contributed by atoms with Crippen LogP contribution in [0.4, 0.5) is 4.39 Å². The van der Waals surface area contributed by atoms with E-state index in [9.17, 15) is 9.18 Å². The zero-order valence-corrected chi connectivity index (χ0v) is 16.5. The van der Waals surface area contributed by atoms with Crippen molar-refractivity contribution in [1.82, 2.24) is 15.1 Å². The van der Waals surface area contributed by atoms with Crippen molar-refractivity contribution >= 4 is 5.91 Å². The van der Waals surface area contributed by atoms with E-state index in [2.05, 4.69) is 10.4 Å². The lowest BCUT2D eigenvalue weighted by atomic mass is 10.1. The number of nitrogens with one attached hydrogen (secondary N) is 1. The van der Waals surface area contributed by atoms with E-state index in [0.717, 1.165) is 48.2 Å². The van der Waals surface area contributed by atoms with Crippen LogP contribution in [0.2, 0.25) is 0 Å². The molecule has 1 amide bonds. The zero-order valence-electron chi connectivity index (χ0n) is 16.5. The summed E-state index contributed by atoms with van der Waals surface area (Å²) in [7, 11) is 0. The Bertz CT molecular complexity index is 906. The molecule has 0 saturated heterocycles. The Hall–Kier alpha value is -2.99. The van der Waals surface area contributed by atoms with E-state index in [-0.39, 0.29) is 11.7 Å². The van der Waals surface area contributed by atoms with Crippen LogP contribution in [0.1, 0.15) is 37.7 Å². The molecule has 0 aliphatic rings. The Balaban J connectivity index is 1.71. The van der Waals surface area contributed by atoms with Crippen LogP contribution < -0.4 is 11.1 Å². The van der Waals surface area contributed by atoms with Gasteiger partial charge in [0.25, 0.3) is 0 Å². The molecule has 5 nitrogen and oxygen atoms in total. The minimum atomic E-state index is -0.291. The van der Waals surface area contributed by atoms with E-state index < -0.39 is 0 Å². The highest BCUT2D eigenvalue weighted by Gasteiger charge is 2.13. The molecule has 1 aromatic heterocycles. The zero-order chi connectivity index (χ0) is 20.5. The number of carbonyl (C=O) groups excluding carboxylic acids is 1. The van der Waals surface area contributed by atoms with Gasteiger partial charge in [0.15, 0.2) is 0 Å². The van der Waals surface area contributed by atoms with Gasteiger partial charge in [-0.05, 0) is 55.8 Å². The molecular formula is C23H27FN4O. The quantitative estimate of drug-likeness (QED) is 0.506. The van der Waals surface area contributed by atoms with Crippen LogP contribution in [0.25, 0.3) is 16.9 Å². The molecule has 0 aliphatic carbocycles. The molecule has 6 heteroatoms. The number of nitrogens with zero attached hydrogens (tertiary/aromatic N) is 2. The van der Waals surface area contributed by atoms with Crippen LogP contribution in [0, 0.1) is 5.82 Å². The molecule has 3 rings (SSSR count). The fourth-order valence-electron chi connectivity index (χ4n) is 3.17. The van der Waals surface area contributed by atoms with Crippen LogP contribution in [-0.2, 0) is 11.3 Å². The Morgan fingerprint density at radius 1 is 1.00 bits per heavy atom. The second kappa shape index (κ2) is 10.5. The van der Waals surface area contributed by atoms with Gasteiger partial charge in [0.2, 0.25) is 5.91 Å². The molecule has 2 aromatic carbocycles. The van der Waals surface area contributed by atoms with Gasteiger partial charge < -0.3 is 11.1 Å². The van der Waals surface area contributed by atoms with E-state index in [1.165, 1.54) is 12.1 Å². The lowest BCUT2D eigenvalue weighted by molar-refractivity contribution is -0.121. The average Bonchev–Trinajstić information content (AvgIpc) is 3.17. The van der Waals surface area contributed by atoms with E-state index in [1.54, 1.807) is 16.8 Å². The molecule has 0 aliphatic heterocycles. The lowest BCUT2D eigenvalue weighted by Gasteiger charge is -2.06. The van der Waals surface area contributed by atoms with E-state index in [0.29, 0.717) is 19.5 Å². The Kier molecular flexibility index (Phi) is 7.53. The number of para-hydroxylation sites is 1. The number of aromatic nitrogens is 2. The van der Waals surface area contributed by atoms with Gasteiger partial charge >= 0.3 is 0 Å². The molecule has 1 heterocycles. The molecule has 0 unspecified atom stereocenters. The minimum absolute atomic E-state index is 0.0234. The van der Waals surface area contributed by atoms with Crippen molar-refractivity contribution in [2.45, 2.75) is 38.6 Å². The number of amides is 1. The summed E-state index contributed by atoms with van der Waals surface area (Å²) in [5.74, 6) is -0.268. The van der Waals surface area contributed by atoms with E-state index >= 15 is 0 Å². The van der Waals surface area contributed by atoms with Crippen LogP contribution in [0.5, 0.6) is 0 Å². The number of halogens is 1. The first kappa shape index (κ1) is 20.7. The molecule has 3 aromatic rings. The van der Waals surface area contributed by atoms with Gasteiger partial charge in [0.05, 0.1) is 11.4 Å². The highest BCUT2D eigenvalue weighted by molar-refractivity contribution is 5.76. The van der Waals surface area contributed by atoms with Crippen LogP contribution in [0.3, 0.4) is 0 Å². The van der Waals surface area contributed by atoms with Crippen molar-refractivity contribution in [2.24, 2.45) is 5.73 Å². The molecule has 0 fully saturated rings. The number of hydrogen-bond donors (Lipinski definition) is 2. The fraction of sp³-hybridized carbons (Fsp3) is 0.304. The molecule has 0 radical (unpaired) electrons. The summed E-state index contributed by atoms with van der Waals surface area (Å²) in [6, 6.07) is 16.0. The molecule has 152 valence electrons. The summed E-state index contributed by atoms with van der Waals surface area (Å²) in [5.41, 5.74) is 8.85.